The van der Waals surface area contributed by atoms with Gasteiger partial charge >= 0.3 is 5.97 Å². The Morgan fingerprint density at radius 3 is 2.34 bits per heavy atom. The molecule has 0 radical (unpaired) electrons. The fourth-order valence-electron chi connectivity index (χ4n) is 3.45. The first kappa shape index (κ1) is 21.2. The number of hydrogen-bond acceptors (Lipinski definition) is 3. The van der Waals surface area contributed by atoms with Gasteiger partial charge in [0.15, 0.2) is 0 Å². The average molecular weight is 424 g/mol. The van der Waals surface area contributed by atoms with Crippen LogP contribution in [0.25, 0.3) is 16.8 Å². The van der Waals surface area contributed by atoms with Gasteiger partial charge < -0.3 is 14.6 Å². The fraction of sp³-hybridized carbons (Fsp3) is 0.107. The quantitative estimate of drug-likeness (QED) is 0.328. The molecule has 0 unspecified atom stereocenters. The van der Waals surface area contributed by atoms with E-state index < -0.39 is 5.97 Å². The monoisotopic (exact) mass is 424 g/mol. The number of benzene rings is 4. The van der Waals surface area contributed by atoms with E-state index in [2.05, 4.69) is 30.3 Å². The molecular formula is C28H24O4. The standard InChI is InChI=1S/C28H24O4/c29-28(30)15-14-24-13-11-22(20-32-26-8-2-1-3-9-26)19-27(24)31-17-16-21-10-12-23-6-4-5-7-25(23)18-21/h1-15,18-19H,16-17,20H2,(H,29,30)/b15-14+. The van der Waals surface area contributed by atoms with Crippen molar-refractivity contribution in [2.45, 2.75) is 13.0 Å². The van der Waals surface area contributed by atoms with E-state index in [1.54, 1.807) is 6.08 Å². The number of ether oxygens (including phenoxy) is 2. The maximum Gasteiger partial charge on any atom is 0.328 e. The SMILES string of the molecule is O=C(O)/C=C/c1ccc(COc2ccccc2)cc1OCCc1ccc2ccccc2c1. The molecule has 0 amide bonds. The number of carboxylic acids is 1. The van der Waals surface area contributed by atoms with Gasteiger partial charge in [0.05, 0.1) is 6.61 Å². The molecule has 0 bridgehead atoms. The van der Waals surface area contributed by atoms with Crippen LogP contribution in [-0.4, -0.2) is 17.7 Å². The highest BCUT2D eigenvalue weighted by Crippen LogP contribution is 2.24. The van der Waals surface area contributed by atoms with E-state index in [0.717, 1.165) is 29.4 Å². The number of hydrogen-bond donors (Lipinski definition) is 1. The number of fused-ring (bicyclic) bond motifs is 1. The van der Waals surface area contributed by atoms with Crippen molar-refractivity contribution >= 4 is 22.8 Å². The number of carbonyl (C=O) groups is 1. The van der Waals surface area contributed by atoms with Crippen LogP contribution in [-0.2, 0) is 17.8 Å². The van der Waals surface area contributed by atoms with Gasteiger partial charge in [0.25, 0.3) is 0 Å². The molecule has 0 saturated carbocycles. The van der Waals surface area contributed by atoms with Crippen LogP contribution in [0.4, 0.5) is 0 Å². The summed E-state index contributed by atoms with van der Waals surface area (Å²) in [5.74, 6) is 0.433. The smallest absolute Gasteiger partial charge is 0.328 e. The number of rotatable bonds is 9. The molecule has 0 aromatic heterocycles. The summed E-state index contributed by atoms with van der Waals surface area (Å²) in [6, 6.07) is 30.0. The van der Waals surface area contributed by atoms with Gasteiger partial charge in [-0.05, 0) is 46.2 Å². The van der Waals surface area contributed by atoms with Gasteiger partial charge in [0.1, 0.15) is 18.1 Å². The largest absolute Gasteiger partial charge is 0.493 e. The van der Waals surface area contributed by atoms with Crippen molar-refractivity contribution in [3.63, 3.8) is 0 Å². The summed E-state index contributed by atoms with van der Waals surface area (Å²) in [5, 5.41) is 11.4. The van der Waals surface area contributed by atoms with E-state index in [1.807, 2.05) is 60.7 Å². The molecular weight excluding hydrogens is 400 g/mol. The molecule has 4 heteroatoms. The van der Waals surface area contributed by atoms with Gasteiger partial charge in [-0.15, -0.1) is 0 Å². The first-order chi connectivity index (χ1) is 15.7. The molecule has 0 aliphatic heterocycles. The van der Waals surface area contributed by atoms with Gasteiger partial charge in [-0.1, -0.05) is 72.8 Å². The van der Waals surface area contributed by atoms with E-state index in [-0.39, 0.29) is 0 Å². The Kier molecular flexibility index (Phi) is 6.83. The van der Waals surface area contributed by atoms with E-state index in [0.29, 0.717) is 19.0 Å². The highest BCUT2D eigenvalue weighted by Gasteiger charge is 2.06. The molecule has 0 spiro atoms. The van der Waals surface area contributed by atoms with E-state index >= 15 is 0 Å². The molecule has 0 fully saturated rings. The van der Waals surface area contributed by atoms with Gasteiger partial charge in [-0.25, -0.2) is 4.79 Å². The van der Waals surface area contributed by atoms with Crippen LogP contribution in [0.15, 0.2) is 97.1 Å². The van der Waals surface area contributed by atoms with Crippen molar-refractivity contribution in [3.05, 3.63) is 114 Å². The number of aliphatic carboxylic acids is 1. The van der Waals surface area contributed by atoms with E-state index in [4.69, 9.17) is 14.6 Å². The van der Waals surface area contributed by atoms with Crippen LogP contribution in [0, 0.1) is 0 Å². The summed E-state index contributed by atoms with van der Waals surface area (Å²) in [4.78, 5) is 11.0. The summed E-state index contributed by atoms with van der Waals surface area (Å²) in [6.45, 7) is 0.878. The lowest BCUT2D eigenvalue weighted by Gasteiger charge is -2.13. The molecule has 0 heterocycles. The predicted octanol–water partition coefficient (Wildman–Crippen LogP) is 6.14. The molecule has 0 aliphatic rings. The number of para-hydroxylation sites is 1. The van der Waals surface area contributed by atoms with Crippen molar-refractivity contribution < 1.29 is 19.4 Å². The minimum absolute atomic E-state index is 0.397. The summed E-state index contributed by atoms with van der Waals surface area (Å²) in [7, 11) is 0. The number of carboxylic acid groups (broad SMARTS) is 1. The molecule has 32 heavy (non-hydrogen) atoms. The second kappa shape index (κ2) is 10.3. The average Bonchev–Trinajstić information content (AvgIpc) is 2.82. The van der Waals surface area contributed by atoms with Gasteiger partial charge in [-0.2, -0.15) is 0 Å². The van der Waals surface area contributed by atoms with E-state index in [9.17, 15) is 4.79 Å². The Morgan fingerprint density at radius 2 is 1.53 bits per heavy atom. The molecule has 160 valence electrons. The lowest BCUT2D eigenvalue weighted by Crippen LogP contribution is -2.04. The molecule has 4 rings (SSSR count). The Morgan fingerprint density at radius 1 is 0.781 bits per heavy atom. The fourth-order valence-corrected chi connectivity index (χ4v) is 3.45. The van der Waals surface area contributed by atoms with Crippen LogP contribution < -0.4 is 9.47 Å². The Balaban J connectivity index is 1.46. The molecule has 0 saturated heterocycles. The molecule has 4 nitrogen and oxygen atoms in total. The summed E-state index contributed by atoms with van der Waals surface area (Å²) in [5.41, 5.74) is 2.85. The normalized spacial score (nSPS) is 11.0. The lowest BCUT2D eigenvalue weighted by molar-refractivity contribution is -0.131. The van der Waals surface area contributed by atoms with Crippen molar-refractivity contribution in [2.24, 2.45) is 0 Å². The maximum atomic E-state index is 11.0. The summed E-state index contributed by atoms with van der Waals surface area (Å²) < 4.78 is 11.9. The van der Waals surface area contributed by atoms with Crippen molar-refractivity contribution in [3.8, 4) is 11.5 Å². The molecule has 4 aromatic rings. The third-order valence-corrected chi connectivity index (χ3v) is 5.09. The topological polar surface area (TPSA) is 55.8 Å². The highest BCUT2D eigenvalue weighted by molar-refractivity contribution is 5.86. The Bertz CT molecular complexity index is 1230. The minimum atomic E-state index is -0.997. The highest BCUT2D eigenvalue weighted by atomic mass is 16.5. The molecule has 0 atom stereocenters. The van der Waals surface area contributed by atoms with Crippen LogP contribution in [0.2, 0.25) is 0 Å². The van der Waals surface area contributed by atoms with Crippen LogP contribution in [0.5, 0.6) is 11.5 Å². The second-order valence-corrected chi connectivity index (χ2v) is 7.43. The van der Waals surface area contributed by atoms with Gasteiger partial charge in [0, 0.05) is 18.1 Å². The first-order valence-electron chi connectivity index (χ1n) is 10.5. The van der Waals surface area contributed by atoms with Crippen molar-refractivity contribution in [1.82, 2.24) is 0 Å². The van der Waals surface area contributed by atoms with Crippen molar-refractivity contribution in [2.75, 3.05) is 6.61 Å². The summed E-state index contributed by atoms with van der Waals surface area (Å²) >= 11 is 0. The molecule has 0 aliphatic carbocycles. The Labute approximate surface area is 187 Å². The zero-order valence-electron chi connectivity index (χ0n) is 17.6. The molecule has 1 N–H and O–H groups in total. The lowest BCUT2D eigenvalue weighted by atomic mass is 10.1. The van der Waals surface area contributed by atoms with Crippen molar-refractivity contribution in [1.29, 1.82) is 0 Å². The van der Waals surface area contributed by atoms with E-state index in [1.165, 1.54) is 16.3 Å². The van der Waals surface area contributed by atoms with Crippen LogP contribution >= 0.6 is 0 Å². The molecule has 4 aromatic carbocycles. The predicted molar refractivity (Wildman–Crippen MR) is 127 cm³/mol. The first-order valence-corrected chi connectivity index (χ1v) is 10.5. The summed E-state index contributed by atoms with van der Waals surface area (Å²) in [6.07, 6.45) is 3.42. The third-order valence-electron chi connectivity index (χ3n) is 5.09. The minimum Gasteiger partial charge on any atom is -0.493 e. The maximum absolute atomic E-state index is 11.0. The zero-order chi connectivity index (χ0) is 22.2. The van der Waals surface area contributed by atoms with Crippen LogP contribution in [0.1, 0.15) is 16.7 Å². The Hall–Kier alpha value is -4.05. The van der Waals surface area contributed by atoms with Gasteiger partial charge in [0.2, 0.25) is 0 Å². The zero-order valence-corrected chi connectivity index (χ0v) is 17.6. The van der Waals surface area contributed by atoms with Gasteiger partial charge in [-0.3, -0.25) is 0 Å². The second-order valence-electron chi connectivity index (χ2n) is 7.43. The van der Waals surface area contributed by atoms with Crippen LogP contribution in [0.3, 0.4) is 0 Å². The third kappa shape index (κ3) is 5.76.